The topological polar surface area (TPSA) is 75.3 Å². The number of rotatable bonds is 7. The minimum absolute atomic E-state index is 0.0476. The third-order valence-corrected chi connectivity index (χ3v) is 5.40. The van der Waals surface area contributed by atoms with Crippen molar-refractivity contribution in [2.45, 2.75) is 38.0 Å². The summed E-state index contributed by atoms with van der Waals surface area (Å²) in [6, 6.07) is 14.2. The summed E-state index contributed by atoms with van der Waals surface area (Å²) in [5.41, 5.74) is 2.78. The van der Waals surface area contributed by atoms with Gasteiger partial charge in [0.15, 0.2) is 0 Å². The van der Waals surface area contributed by atoms with E-state index in [9.17, 15) is 13.2 Å². The number of amides is 1. The Morgan fingerprint density at radius 2 is 1.68 bits per heavy atom. The van der Waals surface area contributed by atoms with E-state index in [1.807, 2.05) is 43.3 Å². The van der Waals surface area contributed by atoms with Crippen LogP contribution < -0.4 is 10.0 Å². The third kappa shape index (κ3) is 5.41. The van der Waals surface area contributed by atoms with Gasteiger partial charge in [0.05, 0.1) is 4.90 Å². The van der Waals surface area contributed by atoms with Crippen molar-refractivity contribution in [2.24, 2.45) is 0 Å². The molecule has 134 valence electrons. The van der Waals surface area contributed by atoms with Gasteiger partial charge in [-0.2, -0.15) is 0 Å². The number of carbonyl (C=O) groups excluding carboxylic acids is 1. The maximum Gasteiger partial charge on any atom is 0.240 e. The fourth-order valence-corrected chi connectivity index (χ4v) is 3.37. The lowest BCUT2D eigenvalue weighted by Crippen LogP contribution is -2.28. The molecule has 0 aliphatic rings. The van der Waals surface area contributed by atoms with Crippen molar-refractivity contribution in [2.75, 3.05) is 11.9 Å². The van der Waals surface area contributed by atoms with Crippen molar-refractivity contribution in [1.29, 1.82) is 0 Å². The highest BCUT2D eigenvalue weighted by Crippen LogP contribution is 2.17. The van der Waals surface area contributed by atoms with Crippen LogP contribution in [0.3, 0.4) is 0 Å². The van der Waals surface area contributed by atoms with Crippen LogP contribution >= 0.6 is 0 Å². The molecule has 25 heavy (non-hydrogen) atoms. The molecule has 0 aromatic heterocycles. The Morgan fingerprint density at radius 1 is 1.04 bits per heavy atom. The van der Waals surface area contributed by atoms with Gasteiger partial charge in [0.25, 0.3) is 0 Å². The van der Waals surface area contributed by atoms with Crippen LogP contribution in [0.2, 0.25) is 0 Å². The zero-order chi connectivity index (χ0) is 18.4. The molecule has 2 N–H and O–H groups in total. The number of aryl methyl sites for hydroxylation is 1. The van der Waals surface area contributed by atoms with E-state index >= 15 is 0 Å². The zero-order valence-corrected chi connectivity index (χ0v) is 15.6. The molecular weight excluding hydrogens is 336 g/mol. The highest BCUT2D eigenvalue weighted by molar-refractivity contribution is 7.89. The van der Waals surface area contributed by atoms with E-state index in [0.717, 1.165) is 16.8 Å². The van der Waals surface area contributed by atoms with Crippen molar-refractivity contribution >= 4 is 21.6 Å². The van der Waals surface area contributed by atoms with Gasteiger partial charge < -0.3 is 5.32 Å². The smallest absolute Gasteiger partial charge is 0.240 e. The van der Waals surface area contributed by atoms with Gasteiger partial charge in [-0.05, 0) is 42.2 Å². The molecule has 0 bridgehead atoms. The molecule has 0 saturated carbocycles. The molecular formula is C19H24N2O3S. The zero-order valence-electron chi connectivity index (χ0n) is 14.7. The first-order valence-electron chi connectivity index (χ1n) is 8.24. The highest BCUT2D eigenvalue weighted by Gasteiger charge is 2.14. The molecule has 0 atom stereocenters. The van der Waals surface area contributed by atoms with Gasteiger partial charge >= 0.3 is 0 Å². The Hall–Kier alpha value is -2.18. The van der Waals surface area contributed by atoms with Gasteiger partial charge in [-0.15, -0.1) is 0 Å². The van der Waals surface area contributed by atoms with Gasteiger partial charge in [-0.3, -0.25) is 4.79 Å². The first-order valence-corrected chi connectivity index (χ1v) is 9.73. The second-order valence-corrected chi connectivity index (χ2v) is 8.00. The highest BCUT2D eigenvalue weighted by atomic mass is 32.2. The van der Waals surface area contributed by atoms with Gasteiger partial charge in [0.2, 0.25) is 15.9 Å². The summed E-state index contributed by atoms with van der Waals surface area (Å²) in [4.78, 5) is 12.2. The van der Waals surface area contributed by atoms with Gasteiger partial charge in [-0.25, -0.2) is 13.1 Å². The Kier molecular flexibility index (Phi) is 6.33. The molecule has 0 fully saturated rings. The number of hydrogen-bond acceptors (Lipinski definition) is 3. The van der Waals surface area contributed by atoms with E-state index in [-0.39, 0.29) is 23.8 Å². The molecule has 6 heteroatoms. The average molecular weight is 360 g/mol. The number of carbonyl (C=O) groups is 1. The molecule has 0 radical (unpaired) electrons. The molecule has 2 aromatic rings. The predicted molar refractivity (Wildman–Crippen MR) is 100 cm³/mol. The van der Waals surface area contributed by atoms with E-state index in [1.165, 1.54) is 0 Å². The van der Waals surface area contributed by atoms with E-state index in [0.29, 0.717) is 5.92 Å². The number of para-hydroxylation sites is 1. The van der Waals surface area contributed by atoms with Crippen molar-refractivity contribution in [3.05, 3.63) is 59.7 Å². The van der Waals surface area contributed by atoms with Crippen LogP contribution in [0.4, 0.5) is 5.69 Å². The summed E-state index contributed by atoms with van der Waals surface area (Å²) in [5, 5.41) is 2.78. The lowest BCUT2D eigenvalue weighted by Gasteiger charge is -2.10. The van der Waals surface area contributed by atoms with E-state index in [1.54, 1.807) is 12.1 Å². The Morgan fingerprint density at radius 3 is 2.28 bits per heavy atom. The Bertz CT molecular complexity index is 828. The Labute approximate surface area is 149 Å². The van der Waals surface area contributed by atoms with Crippen LogP contribution in [0.1, 0.15) is 37.3 Å². The SMILES string of the molecule is Cc1ccccc1NC(=O)CCNS(=O)(=O)c1ccc(C(C)C)cc1. The second-order valence-electron chi connectivity index (χ2n) is 6.23. The average Bonchev–Trinajstić information content (AvgIpc) is 2.57. The van der Waals surface area contributed by atoms with Crippen molar-refractivity contribution in [1.82, 2.24) is 4.72 Å². The summed E-state index contributed by atoms with van der Waals surface area (Å²) in [7, 11) is -3.61. The van der Waals surface area contributed by atoms with Crippen molar-refractivity contribution < 1.29 is 13.2 Å². The number of nitrogens with one attached hydrogen (secondary N) is 2. The predicted octanol–water partition coefficient (Wildman–Crippen LogP) is 3.43. The van der Waals surface area contributed by atoms with Gasteiger partial charge in [0, 0.05) is 18.7 Å². The molecule has 0 spiro atoms. The maximum atomic E-state index is 12.3. The van der Waals surface area contributed by atoms with Crippen molar-refractivity contribution in [3.63, 3.8) is 0 Å². The molecule has 0 saturated heterocycles. The largest absolute Gasteiger partial charge is 0.326 e. The first kappa shape index (κ1) is 19.1. The van der Waals surface area contributed by atoms with Crippen molar-refractivity contribution in [3.8, 4) is 0 Å². The third-order valence-electron chi connectivity index (χ3n) is 3.92. The lowest BCUT2D eigenvalue weighted by atomic mass is 10.0. The molecule has 5 nitrogen and oxygen atoms in total. The fraction of sp³-hybridized carbons (Fsp3) is 0.316. The summed E-state index contributed by atoms with van der Waals surface area (Å²) >= 11 is 0. The normalized spacial score (nSPS) is 11.5. The maximum absolute atomic E-state index is 12.3. The molecule has 0 aliphatic heterocycles. The standard InChI is InChI=1S/C19H24N2O3S/c1-14(2)16-8-10-17(11-9-16)25(23,24)20-13-12-19(22)21-18-7-5-4-6-15(18)3/h4-11,14,20H,12-13H2,1-3H3,(H,21,22). The van der Waals surface area contributed by atoms with Crippen LogP contribution in [-0.4, -0.2) is 20.9 Å². The molecule has 2 aromatic carbocycles. The summed E-state index contributed by atoms with van der Waals surface area (Å²) < 4.78 is 27.0. The molecule has 2 rings (SSSR count). The van der Waals surface area contributed by atoms with Crippen LogP contribution in [0.25, 0.3) is 0 Å². The summed E-state index contributed by atoms with van der Waals surface area (Å²) in [6.07, 6.45) is 0.0671. The van der Waals surface area contributed by atoms with Crippen LogP contribution in [0.15, 0.2) is 53.4 Å². The number of hydrogen-bond donors (Lipinski definition) is 2. The lowest BCUT2D eigenvalue weighted by molar-refractivity contribution is -0.116. The van der Waals surface area contributed by atoms with E-state index < -0.39 is 10.0 Å². The minimum Gasteiger partial charge on any atom is -0.326 e. The van der Waals surface area contributed by atoms with Gasteiger partial charge in [0.1, 0.15) is 0 Å². The second kappa shape index (κ2) is 8.27. The van der Waals surface area contributed by atoms with Gasteiger partial charge in [-0.1, -0.05) is 44.2 Å². The molecule has 0 unspecified atom stereocenters. The first-order chi connectivity index (χ1) is 11.8. The van der Waals surface area contributed by atoms with E-state index in [4.69, 9.17) is 0 Å². The Balaban J connectivity index is 1.89. The molecule has 0 heterocycles. The number of anilines is 1. The quantitative estimate of drug-likeness (QED) is 0.794. The summed E-state index contributed by atoms with van der Waals surface area (Å²) in [6.45, 7) is 6.05. The monoisotopic (exact) mass is 360 g/mol. The molecule has 0 aliphatic carbocycles. The molecule has 1 amide bonds. The summed E-state index contributed by atoms with van der Waals surface area (Å²) in [5.74, 6) is 0.113. The minimum atomic E-state index is -3.61. The van der Waals surface area contributed by atoms with Crippen LogP contribution in [-0.2, 0) is 14.8 Å². The number of benzene rings is 2. The van der Waals surface area contributed by atoms with E-state index in [2.05, 4.69) is 23.9 Å². The fourth-order valence-electron chi connectivity index (χ4n) is 2.34. The van der Waals surface area contributed by atoms with Crippen LogP contribution in [0.5, 0.6) is 0 Å². The van der Waals surface area contributed by atoms with Crippen LogP contribution in [0, 0.1) is 6.92 Å². The number of sulfonamides is 1.